The first-order chi connectivity index (χ1) is 1.91. The molecule has 0 saturated carbocycles. The molecular weight excluding hydrogens is 186 g/mol. The zero-order valence-electron chi connectivity index (χ0n) is 3.09. The van der Waals surface area contributed by atoms with E-state index in [4.69, 9.17) is 6.42 Å². The molecule has 5 heavy (non-hydrogen) atoms. The smallest absolute Gasteiger partial charge is 0.693 e. The van der Waals surface area contributed by atoms with Crippen LogP contribution in [-0.2, 0) is 0 Å². The van der Waals surface area contributed by atoms with Crippen molar-refractivity contribution in [3.63, 3.8) is 0 Å². The first-order valence-corrected chi connectivity index (χ1v) is 2.40. The van der Waals surface area contributed by atoms with E-state index in [-0.39, 0.29) is 29.6 Å². The van der Waals surface area contributed by atoms with Gasteiger partial charge in [-0.3, -0.25) is 0 Å². The second-order valence-corrected chi connectivity index (χ2v) is 1.07. The van der Waals surface area contributed by atoms with E-state index in [1.165, 1.54) is 0 Å². The topological polar surface area (TPSA) is 0 Å². The predicted molar refractivity (Wildman–Crippen MR) is 26.0 cm³/mol. The summed E-state index contributed by atoms with van der Waals surface area (Å²) in [4.78, 5) is 0. The van der Waals surface area contributed by atoms with E-state index in [1.54, 1.807) is 0 Å². The summed E-state index contributed by atoms with van der Waals surface area (Å²) in [6.07, 6.45) is 6.19. The number of alkyl halides is 1. The molecule has 0 bridgehead atoms. The Morgan fingerprint density at radius 3 is 2.00 bits per heavy atom. The van der Waals surface area contributed by atoms with Gasteiger partial charge in [0.05, 0.1) is 0 Å². The van der Waals surface area contributed by atoms with Crippen molar-refractivity contribution in [1.82, 2.24) is 0 Å². The van der Waals surface area contributed by atoms with Gasteiger partial charge in [-0.05, 0) is 0 Å². The fraction of sp³-hybridized carbons (Fsp3) is 0.333. The third-order valence-corrected chi connectivity index (χ3v) is 0.448. The molecule has 0 saturated heterocycles. The molecule has 0 fully saturated rings. The van der Waals surface area contributed by atoms with Crippen molar-refractivity contribution in [3.05, 3.63) is 6.42 Å². The van der Waals surface area contributed by atoms with Gasteiger partial charge in [-0.15, -0.1) is 0 Å². The summed E-state index contributed by atoms with van der Waals surface area (Å²) in [5.41, 5.74) is 0. The second kappa shape index (κ2) is 8.99. The largest absolute Gasteiger partial charge is 1.00 e. The first kappa shape index (κ1) is 9.56. The van der Waals surface area contributed by atoms with Gasteiger partial charge in [0.15, 0.2) is 0 Å². The van der Waals surface area contributed by atoms with Crippen LogP contribution in [0.2, 0.25) is 0 Å². The monoisotopic (exact) mass is 188 g/mol. The normalized spacial score (nSPS) is 4.00. The van der Waals surface area contributed by atoms with Gasteiger partial charge in [0, 0.05) is 4.43 Å². The van der Waals surface area contributed by atoms with Crippen molar-refractivity contribution in [2.24, 2.45) is 0 Å². The van der Waals surface area contributed by atoms with Gasteiger partial charge < -0.3 is 12.3 Å². The predicted octanol–water partition coefficient (Wildman–Crippen LogP) is -1.98. The fourth-order valence-electron chi connectivity index (χ4n) is 0. The summed E-state index contributed by atoms with van der Waals surface area (Å²) in [5, 5.41) is 0. The van der Waals surface area contributed by atoms with Crippen LogP contribution >= 0.6 is 22.6 Å². The van der Waals surface area contributed by atoms with Crippen molar-refractivity contribution < 1.29 is 29.6 Å². The summed E-state index contributed by atoms with van der Waals surface area (Å²) < 4.78 is 0.706. The van der Waals surface area contributed by atoms with Crippen molar-refractivity contribution in [2.75, 3.05) is 4.43 Å². The minimum atomic E-state index is 0. The standard InChI is InChI=1S/C3H2I.Na/c1-2-3-4;/h3H2;/q-1;+1. The van der Waals surface area contributed by atoms with Gasteiger partial charge in [0.25, 0.3) is 0 Å². The Balaban J connectivity index is 0. The van der Waals surface area contributed by atoms with Crippen LogP contribution in [0.15, 0.2) is 0 Å². The van der Waals surface area contributed by atoms with E-state index in [0.717, 1.165) is 0 Å². The Bertz CT molecular complexity index is 36.6. The van der Waals surface area contributed by atoms with E-state index in [2.05, 4.69) is 28.5 Å². The summed E-state index contributed by atoms with van der Waals surface area (Å²) in [6, 6.07) is 0. The number of rotatable bonds is 0. The van der Waals surface area contributed by atoms with Crippen LogP contribution in [0.4, 0.5) is 0 Å². The Morgan fingerprint density at radius 2 is 2.00 bits per heavy atom. The average Bonchev–Trinajstić information content (AvgIpc) is 1.37. The van der Waals surface area contributed by atoms with Crippen LogP contribution in [0, 0.1) is 12.3 Å². The molecule has 0 spiro atoms. The molecule has 0 nitrogen and oxygen atoms in total. The Hall–Kier alpha value is 1.29. The second-order valence-electron chi connectivity index (χ2n) is 0.310. The zero-order valence-corrected chi connectivity index (χ0v) is 7.24. The van der Waals surface area contributed by atoms with Crippen LogP contribution in [-0.4, -0.2) is 4.43 Å². The molecule has 0 aliphatic rings. The summed E-state index contributed by atoms with van der Waals surface area (Å²) in [5.74, 6) is 2.17. The molecule has 2 heteroatoms. The molecule has 0 N–H and O–H groups in total. The number of hydrogen-bond acceptors (Lipinski definition) is 0. The summed E-state index contributed by atoms with van der Waals surface area (Å²) in [6.45, 7) is 0. The Labute approximate surface area is 68.1 Å². The van der Waals surface area contributed by atoms with E-state index in [1.807, 2.05) is 0 Å². The van der Waals surface area contributed by atoms with Gasteiger partial charge in [-0.1, -0.05) is 22.6 Å². The molecule has 0 radical (unpaired) electrons. The SMILES string of the molecule is [C-]#CCI.[Na+]. The van der Waals surface area contributed by atoms with Crippen LogP contribution in [0.5, 0.6) is 0 Å². The van der Waals surface area contributed by atoms with Crippen LogP contribution in [0.1, 0.15) is 0 Å². The molecule has 0 heterocycles. The van der Waals surface area contributed by atoms with E-state index in [0.29, 0.717) is 4.43 Å². The van der Waals surface area contributed by atoms with Crippen LogP contribution in [0.25, 0.3) is 0 Å². The molecule has 0 aliphatic heterocycles. The maximum Gasteiger partial charge on any atom is 1.00 e. The van der Waals surface area contributed by atoms with Crippen molar-refractivity contribution in [3.8, 4) is 5.92 Å². The van der Waals surface area contributed by atoms with Gasteiger partial charge in [0.2, 0.25) is 0 Å². The molecule has 22 valence electrons. The Kier molecular flexibility index (Phi) is 17.2. The fourth-order valence-corrected chi connectivity index (χ4v) is 0. The van der Waals surface area contributed by atoms with Gasteiger partial charge in [0.1, 0.15) is 0 Å². The molecule has 0 atom stereocenters. The quantitative estimate of drug-likeness (QED) is 0.136. The zero-order chi connectivity index (χ0) is 3.41. The van der Waals surface area contributed by atoms with Crippen molar-refractivity contribution in [2.45, 2.75) is 0 Å². The molecule has 0 aromatic heterocycles. The molecule has 0 rings (SSSR count). The first-order valence-electron chi connectivity index (χ1n) is 0.871. The molecule has 0 aromatic carbocycles. The van der Waals surface area contributed by atoms with Gasteiger partial charge >= 0.3 is 29.6 Å². The van der Waals surface area contributed by atoms with E-state index in [9.17, 15) is 0 Å². The van der Waals surface area contributed by atoms with Crippen molar-refractivity contribution in [1.29, 1.82) is 0 Å². The maximum atomic E-state index is 6.19. The summed E-state index contributed by atoms with van der Waals surface area (Å²) >= 11 is 2.05. The van der Waals surface area contributed by atoms with Crippen LogP contribution < -0.4 is 29.6 Å². The molecule has 0 aliphatic carbocycles. The molecule has 0 unspecified atom stereocenters. The average molecular weight is 188 g/mol. The number of halogens is 1. The third kappa shape index (κ3) is 10.9. The van der Waals surface area contributed by atoms with Gasteiger partial charge in [-0.25, -0.2) is 0 Å². The van der Waals surface area contributed by atoms with E-state index >= 15 is 0 Å². The molecular formula is C3H2INa. The third-order valence-electron chi connectivity index (χ3n) is 0.0668. The minimum Gasteiger partial charge on any atom is -0.693 e. The van der Waals surface area contributed by atoms with Crippen LogP contribution in [0.3, 0.4) is 0 Å². The molecule has 0 aromatic rings. The Morgan fingerprint density at radius 1 is 1.80 bits per heavy atom. The van der Waals surface area contributed by atoms with E-state index < -0.39 is 0 Å². The minimum absolute atomic E-state index is 0. The summed E-state index contributed by atoms with van der Waals surface area (Å²) in [7, 11) is 0. The van der Waals surface area contributed by atoms with Gasteiger partial charge in [-0.2, -0.15) is 0 Å². The number of hydrogen-bond donors (Lipinski definition) is 0. The van der Waals surface area contributed by atoms with Crippen molar-refractivity contribution >= 4 is 22.6 Å². The maximum absolute atomic E-state index is 6.19. The molecule has 0 amide bonds.